The summed E-state index contributed by atoms with van der Waals surface area (Å²) in [5, 5.41) is 14.0. The van der Waals surface area contributed by atoms with E-state index in [9.17, 15) is 28.1 Å². The van der Waals surface area contributed by atoms with Crippen molar-refractivity contribution >= 4 is 49.1 Å². The van der Waals surface area contributed by atoms with E-state index in [2.05, 4.69) is 21.2 Å². The van der Waals surface area contributed by atoms with Gasteiger partial charge in [-0.2, -0.15) is 0 Å². The van der Waals surface area contributed by atoms with E-state index in [0.717, 1.165) is 26.7 Å². The van der Waals surface area contributed by atoms with Crippen LogP contribution in [0.2, 0.25) is 0 Å². The van der Waals surface area contributed by atoms with E-state index in [0.29, 0.717) is 5.56 Å². The van der Waals surface area contributed by atoms with Crippen LogP contribution >= 0.6 is 15.9 Å². The van der Waals surface area contributed by atoms with Gasteiger partial charge in [-0.1, -0.05) is 34.1 Å². The number of anilines is 1. The third-order valence-electron chi connectivity index (χ3n) is 5.19. The molecule has 2 amide bonds. The first-order valence-electron chi connectivity index (χ1n) is 10.8. The monoisotopic (exact) mass is 568 g/mol. The van der Waals surface area contributed by atoms with Crippen molar-refractivity contribution in [1.29, 1.82) is 0 Å². The molecule has 0 radical (unpaired) electrons. The minimum absolute atomic E-state index is 0.0248. The minimum Gasteiger partial charge on any atom is -0.352 e. The zero-order chi connectivity index (χ0) is 26.5. The van der Waals surface area contributed by atoms with Gasteiger partial charge in [0.1, 0.15) is 12.6 Å². The van der Waals surface area contributed by atoms with Crippen LogP contribution < -0.4 is 9.62 Å². The van der Waals surface area contributed by atoms with Gasteiger partial charge in [0.25, 0.3) is 5.69 Å². The number of nitro benzene ring substituents is 1. The summed E-state index contributed by atoms with van der Waals surface area (Å²) < 4.78 is 27.0. The van der Waals surface area contributed by atoms with Crippen LogP contribution in [-0.2, 0) is 26.2 Å². The number of nitrogens with zero attached hydrogens (tertiary/aromatic N) is 3. The number of halogens is 1. The second-order valence-electron chi connectivity index (χ2n) is 8.49. The van der Waals surface area contributed by atoms with Gasteiger partial charge in [-0.3, -0.25) is 24.0 Å². The van der Waals surface area contributed by atoms with Gasteiger partial charge in [0, 0.05) is 29.2 Å². The van der Waals surface area contributed by atoms with E-state index in [-0.39, 0.29) is 29.9 Å². The van der Waals surface area contributed by atoms with Gasteiger partial charge in [0.15, 0.2) is 0 Å². The number of carbonyl (C=O) groups excluding carboxylic acids is 2. The fourth-order valence-electron chi connectivity index (χ4n) is 3.39. The Bertz CT molecular complexity index is 1220. The second kappa shape index (κ2) is 11.6. The summed E-state index contributed by atoms with van der Waals surface area (Å²) in [7, 11) is -4.00. The summed E-state index contributed by atoms with van der Waals surface area (Å²) in [6.45, 7) is 6.17. The summed E-state index contributed by atoms with van der Waals surface area (Å²) in [6, 6.07) is 9.94. The lowest BCUT2D eigenvalue weighted by molar-refractivity contribution is -0.384. The topological polar surface area (TPSA) is 130 Å². The third-order valence-corrected chi connectivity index (χ3v) is 6.81. The fraction of sp³-hybridized carbons (Fsp3) is 0.391. The standard InChI is InChI=1S/C23H29BrN4O6S/c1-15(2)25-23(30)17(4)26(13-18-7-6-8-19(24)11-18)22(29)14-27(35(5,33)34)21-12-20(28(31)32)10-9-16(21)3/h6-12,15,17H,13-14H2,1-5H3,(H,25,30). The molecule has 1 unspecified atom stereocenters. The maximum Gasteiger partial charge on any atom is 0.271 e. The third kappa shape index (κ3) is 7.76. The molecule has 0 aromatic heterocycles. The van der Waals surface area contributed by atoms with Crippen LogP contribution in [0.4, 0.5) is 11.4 Å². The summed E-state index contributed by atoms with van der Waals surface area (Å²) in [5.74, 6) is -1.02. The van der Waals surface area contributed by atoms with Gasteiger partial charge in [-0.05, 0) is 51.0 Å². The first-order chi connectivity index (χ1) is 16.2. The van der Waals surface area contributed by atoms with E-state index in [1.54, 1.807) is 45.9 Å². The highest BCUT2D eigenvalue weighted by atomic mass is 79.9. The van der Waals surface area contributed by atoms with Crippen molar-refractivity contribution in [1.82, 2.24) is 10.2 Å². The molecule has 2 rings (SSSR count). The largest absolute Gasteiger partial charge is 0.352 e. The molecule has 0 fully saturated rings. The van der Waals surface area contributed by atoms with Crippen molar-refractivity contribution in [2.24, 2.45) is 0 Å². The van der Waals surface area contributed by atoms with Gasteiger partial charge >= 0.3 is 0 Å². The van der Waals surface area contributed by atoms with Crippen molar-refractivity contribution in [2.45, 2.75) is 46.3 Å². The lowest BCUT2D eigenvalue weighted by atomic mass is 10.1. The average Bonchev–Trinajstić information content (AvgIpc) is 2.74. The molecule has 2 aromatic rings. The molecule has 0 spiro atoms. The Hall–Kier alpha value is -2.99. The maximum atomic E-state index is 13.5. The quantitative estimate of drug-likeness (QED) is 0.345. The molecule has 1 N–H and O–H groups in total. The summed E-state index contributed by atoms with van der Waals surface area (Å²) in [6.07, 6.45) is 0.923. The van der Waals surface area contributed by atoms with Crippen LogP contribution in [0.5, 0.6) is 0 Å². The minimum atomic E-state index is -4.00. The van der Waals surface area contributed by atoms with Gasteiger partial charge in [0.2, 0.25) is 21.8 Å². The Morgan fingerprint density at radius 1 is 1.14 bits per heavy atom. The Morgan fingerprint density at radius 2 is 1.80 bits per heavy atom. The van der Waals surface area contributed by atoms with E-state index < -0.39 is 33.4 Å². The van der Waals surface area contributed by atoms with Crippen LogP contribution in [0.1, 0.15) is 31.9 Å². The van der Waals surface area contributed by atoms with Crippen molar-refractivity contribution < 1.29 is 22.9 Å². The SMILES string of the molecule is Cc1ccc([N+](=O)[O-])cc1N(CC(=O)N(Cc1cccc(Br)c1)C(C)C(=O)NC(C)C)S(C)(=O)=O. The highest BCUT2D eigenvalue weighted by molar-refractivity contribution is 9.10. The van der Waals surface area contributed by atoms with Gasteiger partial charge in [0.05, 0.1) is 16.9 Å². The molecule has 10 nitrogen and oxygen atoms in total. The molecule has 0 aliphatic heterocycles. The number of hydrogen-bond donors (Lipinski definition) is 1. The molecular formula is C23H29BrN4O6S. The molecule has 1 atom stereocenters. The predicted molar refractivity (Wildman–Crippen MR) is 137 cm³/mol. The van der Waals surface area contributed by atoms with E-state index in [1.165, 1.54) is 17.0 Å². The Kier molecular flexibility index (Phi) is 9.38. The molecular weight excluding hydrogens is 540 g/mol. The van der Waals surface area contributed by atoms with Crippen molar-refractivity contribution in [3.05, 3.63) is 68.2 Å². The molecule has 190 valence electrons. The lowest BCUT2D eigenvalue weighted by Gasteiger charge is -2.32. The lowest BCUT2D eigenvalue weighted by Crippen LogP contribution is -2.52. The van der Waals surface area contributed by atoms with Crippen LogP contribution in [-0.4, -0.2) is 54.9 Å². The average molecular weight is 569 g/mol. The highest BCUT2D eigenvalue weighted by Crippen LogP contribution is 2.28. The molecule has 0 saturated carbocycles. The van der Waals surface area contributed by atoms with E-state index in [1.807, 2.05) is 6.07 Å². The number of amides is 2. The molecule has 0 aliphatic rings. The number of nitrogens with one attached hydrogen (secondary N) is 1. The maximum absolute atomic E-state index is 13.5. The van der Waals surface area contributed by atoms with Crippen molar-refractivity contribution in [3.63, 3.8) is 0 Å². The Balaban J connectivity index is 2.49. The smallest absolute Gasteiger partial charge is 0.271 e. The zero-order valence-corrected chi connectivity index (χ0v) is 22.6. The molecule has 0 heterocycles. The van der Waals surface area contributed by atoms with Crippen LogP contribution in [0.3, 0.4) is 0 Å². The molecule has 0 saturated heterocycles. The van der Waals surface area contributed by atoms with Gasteiger partial charge in [-0.25, -0.2) is 8.42 Å². The van der Waals surface area contributed by atoms with Crippen LogP contribution in [0, 0.1) is 17.0 Å². The van der Waals surface area contributed by atoms with E-state index >= 15 is 0 Å². The molecule has 12 heteroatoms. The molecule has 35 heavy (non-hydrogen) atoms. The predicted octanol–water partition coefficient (Wildman–Crippen LogP) is 3.37. The molecule has 0 aliphatic carbocycles. The van der Waals surface area contributed by atoms with Crippen LogP contribution in [0.15, 0.2) is 46.9 Å². The fourth-order valence-corrected chi connectivity index (χ4v) is 4.74. The molecule has 0 bridgehead atoms. The number of hydrogen-bond acceptors (Lipinski definition) is 6. The number of non-ortho nitro benzene ring substituents is 1. The zero-order valence-electron chi connectivity index (χ0n) is 20.2. The summed E-state index contributed by atoms with van der Waals surface area (Å²) in [4.78, 5) is 38.2. The number of nitro groups is 1. The first kappa shape index (κ1) is 28.2. The van der Waals surface area contributed by atoms with Crippen molar-refractivity contribution in [2.75, 3.05) is 17.1 Å². The summed E-state index contributed by atoms with van der Waals surface area (Å²) >= 11 is 3.39. The van der Waals surface area contributed by atoms with Crippen molar-refractivity contribution in [3.8, 4) is 0 Å². The number of benzene rings is 2. The number of carbonyl (C=O) groups is 2. The normalized spacial score (nSPS) is 12.2. The Labute approximate surface area is 213 Å². The van der Waals surface area contributed by atoms with Crippen LogP contribution in [0.25, 0.3) is 0 Å². The highest BCUT2D eigenvalue weighted by Gasteiger charge is 2.31. The Morgan fingerprint density at radius 3 is 2.34 bits per heavy atom. The number of aryl methyl sites for hydroxylation is 1. The number of rotatable bonds is 10. The summed E-state index contributed by atoms with van der Waals surface area (Å²) in [5.41, 5.74) is 0.895. The van der Waals surface area contributed by atoms with Gasteiger partial charge < -0.3 is 10.2 Å². The first-order valence-corrected chi connectivity index (χ1v) is 13.4. The second-order valence-corrected chi connectivity index (χ2v) is 11.3. The number of sulfonamides is 1. The van der Waals surface area contributed by atoms with E-state index in [4.69, 9.17) is 0 Å². The van der Waals surface area contributed by atoms with Gasteiger partial charge in [-0.15, -0.1) is 0 Å². The molecule has 2 aromatic carbocycles.